The molecule has 1 saturated heterocycles. The molecule has 1 N–H and O–H groups in total. The van der Waals surface area contributed by atoms with Crippen molar-refractivity contribution in [2.45, 2.75) is 52.6 Å². The van der Waals surface area contributed by atoms with Crippen molar-refractivity contribution in [3.63, 3.8) is 0 Å². The summed E-state index contributed by atoms with van der Waals surface area (Å²) in [7, 11) is 0. The van der Waals surface area contributed by atoms with Crippen LogP contribution in [0.5, 0.6) is 0 Å². The van der Waals surface area contributed by atoms with Gasteiger partial charge in [-0.3, -0.25) is 9.69 Å². The normalized spacial score (nSPS) is 18.0. The fraction of sp³-hybridized carbons (Fsp3) is 0.579. The highest BCUT2D eigenvalue weighted by Gasteiger charge is 2.32. The van der Waals surface area contributed by atoms with Crippen LogP contribution in [0.1, 0.15) is 46.6 Å². The molecule has 1 aliphatic heterocycles. The first-order valence-corrected chi connectivity index (χ1v) is 8.52. The highest BCUT2D eigenvalue weighted by atomic mass is 16.6. The van der Waals surface area contributed by atoms with Crippen LogP contribution < -0.4 is 10.2 Å². The number of hydrogen-bond donors (Lipinski definition) is 1. The molecule has 1 aliphatic rings. The van der Waals surface area contributed by atoms with E-state index >= 15 is 0 Å². The summed E-state index contributed by atoms with van der Waals surface area (Å²) in [6, 6.07) is 7.98. The van der Waals surface area contributed by atoms with Crippen molar-refractivity contribution in [2.75, 3.05) is 18.0 Å². The van der Waals surface area contributed by atoms with E-state index in [0.29, 0.717) is 25.4 Å². The number of rotatable bonds is 5. The molecule has 5 nitrogen and oxygen atoms in total. The molecule has 0 radical (unpaired) electrons. The molecule has 1 heterocycles. The van der Waals surface area contributed by atoms with Crippen molar-refractivity contribution in [1.82, 2.24) is 5.32 Å². The predicted octanol–water partition coefficient (Wildman–Crippen LogP) is 3.47. The second kappa shape index (κ2) is 7.24. The van der Waals surface area contributed by atoms with Crippen molar-refractivity contribution < 1.29 is 14.3 Å². The van der Waals surface area contributed by atoms with Gasteiger partial charge in [-0.1, -0.05) is 46.8 Å². The average Bonchev–Trinajstić information content (AvgIpc) is 2.85. The molecule has 0 bridgehead atoms. The number of carbonyl (C=O) groups is 2. The number of cyclic esters (lactones) is 1. The van der Waals surface area contributed by atoms with Crippen LogP contribution in [-0.4, -0.2) is 31.2 Å². The summed E-state index contributed by atoms with van der Waals surface area (Å²) in [5.74, 6) is 0.308. The first-order chi connectivity index (χ1) is 11.2. The van der Waals surface area contributed by atoms with Gasteiger partial charge in [-0.25, -0.2) is 4.79 Å². The van der Waals surface area contributed by atoms with Gasteiger partial charge in [-0.05, 0) is 29.0 Å². The van der Waals surface area contributed by atoms with Crippen molar-refractivity contribution in [1.29, 1.82) is 0 Å². The van der Waals surface area contributed by atoms with Crippen LogP contribution in [0.4, 0.5) is 10.5 Å². The molecule has 1 unspecified atom stereocenters. The zero-order valence-corrected chi connectivity index (χ0v) is 15.3. The van der Waals surface area contributed by atoms with Crippen molar-refractivity contribution >= 4 is 17.7 Å². The summed E-state index contributed by atoms with van der Waals surface area (Å²) < 4.78 is 5.35. The molecule has 1 aromatic carbocycles. The van der Waals surface area contributed by atoms with E-state index in [4.69, 9.17) is 4.74 Å². The molecule has 0 aliphatic carbocycles. The Bertz CT molecular complexity index is 588. The van der Waals surface area contributed by atoms with Crippen molar-refractivity contribution in [2.24, 2.45) is 5.92 Å². The second-order valence-electron chi connectivity index (χ2n) is 7.82. The maximum Gasteiger partial charge on any atom is 0.414 e. The lowest BCUT2D eigenvalue weighted by atomic mass is 9.87. The van der Waals surface area contributed by atoms with Gasteiger partial charge in [0.05, 0.1) is 13.1 Å². The summed E-state index contributed by atoms with van der Waals surface area (Å²) in [6.07, 6.45) is -0.184. The van der Waals surface area contributed by atoms with E-state index < -0.39 is 0 Å². The highest BCUT2D eigenvalue weighted by molar-refractivity contribution is 5.89. The predicted molar refractivity (Wildman–Crippen MR) is 95.2 cm³/mol. The first kappa shape index (κ1) is 18.3. The van der Waals surface area contributed by atoms with Crippen LogP contribution >= 0.6 is 0 Å². The summed E-state index contributed by atoms with van der Waals surface area (Å²) in [4.78, 5) is 25.4. The van der Waals surface area contributed by atoms with Gasteiger partial charge in [-0.2, -0.15) is 0 Å². The largest absolute Gasteiger partial charge is 0.442 e. The van der Waals surface area contributed by atoms with E-state index in [9.17, 15) is 9.59 Å². The number of hydrogen-bond acceptors (Lipinski definition) is 3. The van der Waals surface area contributed by atoms with Crippen LogP contribution in [0, 0.1) is 5.92 Å². The van der Waals surface area contributed by atoms with Gasteiger partial charge < -0.3 is 10.1 Å². The van der Waals surface area contributed by atoms with Gasteiger partial charge in [0.15, 0.2) is 0 Å². The Labute approximate surface area is 144 Å². The molecular formula is C19H28N2O3. The molecule has 24 heavy (non-hydrogen) atoms. The molecule has 1 atom stereocenters. The Morgan fingerprint density at radius 1 is 1.29 bits per heavy atom. The summed E-state index contributed by atoms with van der Waals surface area (Å²) in [5, 5.41) is 2.83. The van der Waals surface area contributed by atoms with E-state index in [-0.39, 0.29) is 23.5 Å². The number of nitrogens with one attached hydrogen (secondary N) is 1. The van der Waals surface area contributed by atoms with Crippen LogP contribution in [0.2, 0.25) is 0 Å². The Kier molecular flexibility index (Phi) is 5.52. The van der Waals surface area contributed by atoms with Crippen molar-refractivity contribution in [3.8, 4) is 0 Å². The van der Waals surface area contributed by atoms with Crippen molar-refractivity contribution in [3.05, 3.63) is 29.8 Å². The van der Waals surface area contributed by atoms with E-state index in [1.165, 1.54) is 5.56 Å². The van der Waals surface area contributed by atoms with Gasteiger partial charge >= 0.3 is 6.09 Å². The second-order valence-corrected chi connectivity index (χ2v) is 7.82. The van der Waals surface area contributed by atoms with Gasteiger partial charge in [-0.15, -0.1) is 0 Å². The lowest BCUT2D eigenvalue weighted by molar-refractivity contribution is -0.122. The maximum absolute atomic E-state index is 12.1. The van der Waals surface area contributed by atoms with Gasteiger partial charge in [0.25, 0.3) is 0 Å². The first-order valence-electron chi connectivity index (χ1n) is 8.52. The minimum absolute atomic E-state index is 0.00553. The number of anilines is 1. The standard InChI is InChI=1S/C19H28N2O3/c1-13(2)10-17(22)20-11-16-12-21(18(23)24-16)15-8-6-14(7-9-15)19(3,4)5/h6-9,13,16H,10-12H2,1-5H3,(H,20,22). The minimum Gasteiger partial charge on any atom is -0.442 e. The lowest BCUT2D eigenvalue weighted by Crippen LogP contribution is -2.35. The molecule has 0 spiro atoms. The Balaban J connectivity index is 1.94. The van der Waals surface area contributed by atoms with Crippen LogP contribution in [0.25, 0.3) is 0 Å². The third-order valence-corrected chi connectivity index (χ3v) is 4.04. The number of ether oxygens (including phenoxy) is 1. The molecule has 0 aromatic heterocycles. The number of amides is 2. The fourth-order valence-corrected chi connectivity index (χ4v) is 2.65. The molecule has 1 fully saturated rings. The molecule has 1 aromatic rings. The Morgan fingerprint density at radius 2 is 1.92 bits per heavy atom. The third-order valence-electron chi connectivity index (χ3n) is 4.04. The monoisotopic (exact) mass is 332 g/mol. The average molecular weight is 332 g/mol. The topological polar surface area (TPSA) is 58.6 Å². The summed E-state index contributed by atoms with van der Waals surface area (Å²) in [5.41, 5.74) is 2.12. The van der Waals surface area contributed by atoms with Crippen LogP contribution in [0.3, 0.4) is 0 Å². The highest BCUT2D eigenvalue weighted by Crippen LogP contribution is 2.27. The molecular weight excluding hydrogens is 304 g/mol. The van der Waals surface area contributed by atoms with Crippen LogP contribution in [0.15, 0.2) is 24.3 Å². The molecule has 0 saturated carbocycles. The fourth-order valence-electron chi connectivity index (χ4n) is 2.65. The van der Waals surface area contributed by atoms with Gasteiger partial charge in [0.2, 0.25) is 5.91 Å². The smallest absolute Gasteiger partial charge is 0.414 e. The quantitative estimate of drug-likeness (QED) is 0.898. The maximum atomic E-state index is 12.1. The zero-order valence-electron chi connectivity index (χ0n) is 15.3. The van der Waals surface area contributed by atoms with E-state index in [2.05, 4.69) is 26.1 Å². The Morgan fingerprint density at radius 3 is 2.46 bits per heavy atom. The molecule has 132 valence electrons. The van der Waals surface area contributed by atoms with E-state index in [0.717, 1.165) is 5.69 Å². The van der Waals surface area contributed by atoms with Gasteiger partial charge in [0, 0.05) is 12.1 Å². The number of carbonyl (C=O) groups excluding carboxylic acids is 2. The van der Waals surface area contributed by atoms with Gasteiger partial charge in [0.1, 0.15) is 6.10 Å². The van der Waals surface area contributed by atoms with Crippen LogP contribution in [-0.2, 0) is 14.9 Å². The minimum atomic E-state index is -0.360. The molecule has 2 rings (SSSR count). The number of nitrogens with zero attached hydrogens (tertiary/aromatic N) is 1. The third kappa shape index (κ3) is 4.73. The lowest BCUT2D eigenvalue weighted by Gasteiger charge is -2.20. The molecule has 5 heteroatoms. The summed E-state index contributed by atoms with van der Waals surface area (Å²) in [6.45, 7) is 11.3. The number of benzene rings is 1. The van der Waals surface area contributed by atoms with E-state index in [1.807, 2.05) is 38.1 Å². The Hall–Kier alpha value is -2.04. The SMILES string of the molecule is CC(C)CC(=O)NCC1CN(c2ccc(C(C)(C)C)cc2)C(=O)O1. The zero-order chi connectivity index (χ0) is 17.9. The summed E-state index contributed by atoms with van der Waals surface area (Å²) >= 11 is 0. The molecule has 2 amide bonds. The van der Waals surface area contributed by atoms with E-state index in [1.54, 1.807) is 4.90 Å².